The minimum absolute atomic E-state index is 0.152. The smallest absolute Gasteiger partial charge is 0.414 e. The van der Waals surface area contributed by atoms with Crippen molar-refractivity contribution in [2.75, 3.05) is 11.4 Å². The summed E-state index contributed by atoms with van der Waals surface area (Å²) < 4.78 is 5.66. The first-order valence-electron chi connectivity index (χ1n) is 11.4. The normalized spacial score (nSPS) is 13.0. The summed E-state index contributed by atoms with van der Waals surface area (Å²) in [6, 6.07) is 7.72. The monoisotopic (exact) mass is 424 g/mol. The van der Waals surface area contributed by atoms with Crippen molar-refractivity contribution in [3.63, 3.8) is 0 Å². The maximum Gasteiger partial charge on any atom is 0.414 e. The van der Waals surface area contributed by atoms with Crippen LogP contribution in [0.15, 0.2) is 36.7 Å². The first-order valence-corrected chi connectivity index (χ1v) is 11.4. The van der Waals surface area contributed by atoms with Crippen molar-refractivity contribution < 1.29 is 14.3 Å². The number of hydrogen-bond acceptors (Lipinski definition) is 4. The molecule has 0 saturated heterocycles. The number of nitrogens with zero attached hydrogens (tertiary/aromatic N) is 2. The summed E-state index contributed by atoms with van der Waals surface area (Å²) in [6.45, 7) is 12.3. The van der Waals surface area contributed by atoms with E-state index >= 15 is 0 Å². The summed E-state index contributed by atoms with van der Waals surface area (Å²) in [4.78, 5) is 31.5. The minimum atomic E-state index is -0.568. The van der Waals surface area contributed by atoms with E-state index in [1.165, 1.54) is 0 Å². The van der Waals surface area contributed by atoms with E-state index in [4.69, 9.17) is 4.74 Å². The van der Waals surface area contributed by atoms with Gasteiger partial charge in [0.05, 0.1) is 5.69 Å². The maximum atomic E-state index is 12.9. The van der Waals surface area contributed by atoms with Crippen LogP contribution in [0.25, 0.3) is 11.1 Å². The average Bonchev–Trinajstić information content (AvgIpc) is 2.77. The quantitative estimate of drug-likeness (QED) is 0.493. The van der Waals surface area contributed by atoms with Crippen LogP contribution in [-0.4, -0.2) is 29.0 Å². The molecule has 1 aliphatic rings. The molecule has 0 bridgehead atoms. The van der Waals surface area contributed by atoms with Crippen LogP contribution in [0.4, 0.5) is 10.5 Å². The van der Waals surface area contributed by atoms with Crippen molar-refractivity contribution in [3.05, 3.63) is 47.8 Å². The number of aromatic nitrogens is 1. The topological polar surface area (TPSA) is 59.5 Å². The summed E-state index contributed by atoms with van der Waals surface area (Å²) in [5.41, 5.74) is 3.85. The molecule has 2 heterocycles. The zero-order chi connectivity index (χ0) is 23.0. The van der Waals surface area contributed by atoms with Gasteiger partial charge < -0.3 is 4.74 Å². The SMILES string of the molecule is CC.CCCCC(=O)c1cc2c(c(-c3ccncc3)c1)N(C(=O)OC(C)(C)C)CCC2. The molecule has 0 unspecified atom stereocenters. The van der Waals surface area contributed by atoms with E-state index in [0.29, 0.717) is 13.0 Å². The van der Waals surface area contributed by atoms with Gasteiger partial charge in [-0.15, -0.1) is 0 Å². The van der Waals surface area contributed by atoms with Crippen molar-refractivity contribution in [2.24, 2.45) is 0 Å². The molecule has 1 aliphatic heterocycles. The number of benzene rings is 1. The molecule has 0 N–H and O–H groups in total. The summed E-state index contributed by atoms with van der Waals surface area (Å²) in [5, 5.41) is 0. The Hall–Kier alpha value is -2.69. The molecule has 168 valence electrons. The number of aryl methyl sites for hydroxylation is 1. The molecule has 1 amide bonds. The molecule has 0 saturated carbocycles. The number of amides is 1. The van der Waals surface area contributed by atoms with Gasteiger partial charge >= 0.3 is 6.09 Å². The average molecular weight is 425 g/mol. The lowest BCUT2D eigenvalue weighted by Crippen LogP contribution is -2.40. The van der Waals surface area contributed by atoms with Gasteiger partial charge in [-0.3, -0.25) is 14.7 Å². The van der Waals surface area contributed by atoms with Gasteiger partial charge in [-0.25, -0.2) is 4.79 Å². The van der Waals surface area contributed by atoms with E-state index < -0.39 is 5.60 Å². The Morgan fingerprint density at radius 2 is 1.81 bits per heavy atom. The highest BCUT2D eigenvalue weighted by Gasteiger charge is 2.30. The number of hydrogen-bond donors (Lipinski definition) is 0. The molecule has 1 aromatic heterocycles. The number of Topliss-reactive ketones (excluding diaryl/α,β-unsaturated/α-hetero) is 1. The van der Waals surface area contributed by atoms with Crippen molar-refractivity contribution in [1.29, 1.82) is 0 Å². The van der Waals surface area contributed by atoms with Gasteiger partial charge in [0, 0.05) is 36.5 Å². The lowest BCUT2D eigenvalue weighted by molar-refractivity contribution is 0.0578. The second-order valence-electron chi connectivity index (χ2n) is 8.53. The van der Waals surface area contributed by atoms with E-state index in [9.17, 15) is 9.59 Å². The van der Waals surface area contributed by atoms with Gasteiger partial charge in [-0.2, -0.15) is 0 Å². The number of carbonyl (C=O) groups is 2. The molecule has 31 heavy (non-hydrogen) atoms. The first kappa shape index (κ1) is 24.6. The number of fused-ring (bicyclic) bond motifs is 1. The van der Waals surface area contributed by atoms with Crippen LogP contribution in [0, 0.1) is 0 Å². The summed E-state index contributed by atoms with van der Waals surface area (Å²) in [7, 11) is 0. The zero-order valence-electron chi connectivity index (χ0n) is 19.8. The summed E-state index contributed by atoms with van der Waals surface area (Å²) in [5.74, 6) is 0.152. The lowest BCUT2D eigenvalue weighted by Gasteiger charge is -2.33. The van der Waals surface area contributed by atoms with Crippen LogP contribution in [0.1, 0.15) is 83.1 Å². The third-order valence-corrected chi connectivity index (χ3v) is 4.97. The molecular formula is C26H36N2O3. The van der Waals surface area contributed by atoms with Crippen molar-refractivity contribution in [3.8, 4) is 11.1 Å². The molecule has 0 fully saturated rings. The second kappa shape index (κ2) is 11.1. The number of pyridine rings is 1. The highest BCUT2D eigenvalue weighted by Crippen LogP contribution is 2.39. The molecule has 0 radical (unpaired) electrons. The fraction of sp³-hybridized carbons (Fsp3) is 0.500. The summed E-state index contributed by atoms with van der Waals surface area (Å²) >= 11 is 0. The number of ketones is 1. The van der Waals surface area contributed by atoms with E-state index in [-0.39, 0.29) is 11.9 Å². The molecule has 5 heteroatoms. The Morgan fingerprint density at radius 1 is 1.13 bits per heavy atom. The van der Waals surface area contributed by atoms with Crippen LogP contribution < -0.4 is 4.90 Å². The van der Waals surface area contributed by atoms with Crippen LogP contribution in [-0.2, 0) is 11.2 Å². The lowest BCUT2D eigenvalue weighted by atomic mass is 9.90. The largest absolute Gasteiger partial charge is 0.443 e. The fourth-order valence-corrected chi connectivity index (χ4v) is 3.64. The Balaban J connectivity index is 0.00000166. The number of rotatable bonds is 5. The van der Waals surface area contributed by atoms with Crippen LogP contribution >= 0.6 is 0 Å². The molecule has 2 aromatic rings. The molecule has 0 aliphatic carbocycles. The molecule has 3 rings (SSSR count). The number of carbonyl (C=O) groups excluding carboxylic acids is 2. The van der Waals surface area contributed by atoms with Crippen LogP contribution in [0.3, 0.4) is 0 Å². The van der Waals surface area contributed by atoms with Gasteiger partial charge in [0.2, 0.25) is 0 Å². The maximum absolute atomic E-state index is 12.9. The minimum Gasteiger partial charge on any atom is -0.443 e. The predicted molar refractivity (Wildman–Crippen MR) is 127 cm³/mol. The Bertz CT molecular complexity index is 886. The van der Waals surface area contributed by atoms with Crippen molar-refractivity contribution >= 4 is 17.6 Å². The highest BCUT2D eigenvalue weighted by molar-refractivity contribution is 6.02. The molecule has 5 nitrogen and oxygen atoms in total. The van der Waals surface area contributed by atoms with E-state index in [1.54, 1.807) is 17.3 Å². The Morgan fingerprint density at radius 3 is 2.42 bits per heavy atom. The zero-order valence-corrected chi connectivity index (χ0v) is 19.8. The molecular weight excluding hydrogens is 388 g/mol. The van der Waals surface area contributed by atoms with E-state index in [0.717, 1.165) is 53.6 Å². The van der Waals surface area contributed by atoms with E-state index in [2.05, 4.69) is 11.9 Å². The fourth-order valence-electron chi connectivity index (χ4n) is 3.64. The molecule has 1 aromatic carbocycles. The molecule has 0 spiro atoms. The summed E-state index contributed by atoms with van der Waals surface area (Å²) in [6.07, 6.45) is 7.20. The number of unbranched alkanes of at least 4 members (excludes halogenated alkanes) is 1. The molecule has 0 atom stereocenters. The van der Waals surface area contributed by atoms with Crippen LogP contribution in [0.5, 0.6) is 0 Å². The first-order chi connectivity index (χ1) is 14.8. The Labute approximate surface area is 186 Å². The van der Waals surface area contributed by atoms with Gasteiger partial charge in [0.1, 0.15) is 5.60 Å². The number of anilines is 1. The highest BCUT2D eigenvalue weighted by atomic mass is 16.6. The van der Waals surface area contributed by atoms with Gasteiger partial charge in [0.15, 0.2) is 5.78 Å². The second-order valence-corrected chi connectivity index (χ2v) is 8.53. The van der Waals surface area contributed by atoms with E-state index in [1.807, 2.05) is 58.9 Å². The van der Waals surface area contributed by atoms with Gasteiger partial charge in [-0.1, -0.05) is 27.2 Å². The van der Waals surface area contributed by atoms with Gasteiger partial charge in [-0.05, 0) is 75.4 Å². The van der Waals surface area contributed by atoms with Crippen molar-refractivity contribution in [2.45, 2.75) is 79.2 Å². The standard InChI is InChI=1S/C24H30N2O3.C2H6/c1-5-6-9-21(27)19-15-18-8-7-14-26(23(28)29-24(2,3)4)22(18)20(16-19)17-10-12-25-13-11-17;1-2/h10-13,15-16H,5-9,14H2,1-4H3;1-2H3. The predicted octanol–water partition coefficient (Wildman–Crippen LogP) is 6.84. The van der Waals surface area contributed by atoms with Crippen LogP contribution in [0.2, 0.25) is 0 Å². The third kappa shape index (κ3) is 6.39. The van der Waals surface area contributed by atoms with Crippen molar-refractivity contribution in [1.82, 2.24) is 4.98 Å². The third-order valence-electron chi connectivity index (χ3n) is 4.97. The number of ether oxygens (including phenoxy) is 1. The Kier molecular flexibility index (Phi) is 8.78. The van der Waals surface area contributed by atoms with Gasteiger partial charge in [0.25, 0.3) is 0 Å².